The average molecular weight is 628 g/mol. The lowest BCUT2D eigenvalue weighted by Gasteiger charge is -2.40. The lowest BCUT2D eigenvalue weighted by molar-refractivity contribution is -0.105. The van der Waals surface area contributed by atoms with Gasteiger partial charge in [-0.25, -0.2) is 0 Å². The van der Waals surface area contributed by atoms with E-state index in [0.717, 1.165) is 42.6 Å². The zero-order valence-electron chi connectivity index (χ0n) is 27.8. The summed E-state index contributed by atoms with van der Waals surface area (Å²) in [6.45, 7) is 17.5. The molecule has 0 spiro atoms. The molecule has 3 N–H and O–H groups in total. The third-order valence-corrected chi connectivity index (χ3v) is 14.5. The predicted octanol–water partition coefficient (Wildman–Crippen LogP) is 7.36. The summed E-state index contributed by atoms with van der Waals surface area (Å²) in [5.41, 5.74) is 5.62. The Balaban J connectivity index is 1.29. The van der Waals surface area contributed by atoms with Gasteiger partial charge in [-0.15, -0.1) is 0 Å². The van der Waals surface area contributed by atoms with E-state index < -0.39 is 8.32 Å². The van der Waals surface area contributed by atoms with Crippen molar-refractivity contribution in [2.45, 2.75) is 89.1 Å². The molecule has 1 saturated heterocycles. The van der Waals surface area contributed by atoms with E-state index in [1.807, 2.05) is 18.2 Å². The molecule has 2 bridgehead atoms. The van der Waals surface area contributed by atoms with Crippen LogP contribution in [0.15, 0.2) is 66.7 Å². The molecule has 0 radical (unpaired) electrons. The maximum atomic E-state index is 13.7. The minimum Gasteiger partial charge on any atom is -0.506 e. The Morgan fingerprint density at radius 3 is 2.29 bits per heavy atom. The number of anilines is 1. The van der Waals surface area contributed by atoms with Crippen molar-refractivity contribution in [1.29, 1.82) is 0 Å². The summed E-state index contributed by atoms with van der Waals surface area (Å²) in [6.07, 6.45) is 2.15. The molecule has 8 heteroatoms. The maximum absolute atomic E-state index is 13.7. The van der Waals surface area contributed by atoms with Gasteiger partial charge in [0.2, 0.25) is 6.41 Å². The molecule has 0 saturated carbocycles. The molecule has 240 valence electrons. The van der Waals surface area contributed by atoms with E-state index in [4.69, 9.17) is 4.43 Å². The van der Waals surface area contributed by atoms with Gasteiger partial charge in [-0.2, -0.15) is 0 Å². The van der Waals surface area contributed by atoms with Crippen molar-refractivity contribution in [3.8, 4) is 5.75 Å². The van der Waals surface area contributed by atoms with Crippen LogP contribution < -0.4 is 10.6 Å². The number of nitrogens with one attached hydrogen (secondary N) is 2. The molecule has 45 heavy (non-hydrogen) atoms. The molecule has 1 fully saturated rings. The molecular weight excluding hydrogens is 579 g/mol. The summed E-state index contributed by atoms with van der Waals surface area (Å²) in [5, 5.41) is 16.6. The van der Waals surface area contributed by atoms with Gasteiger partial charge in [0.05, 0.1) is 11.8 Å². The molecule has 2 unspecified atom stereocenters. The zero-order valence-corrected chi connectivity index (χ0v) is 28.8. The van der Waals surface area contributed by atoms with E-state index in [1.165, 1.54) is 11.1 Å². The average Bonchev–Trinajstić information content (AvgIpc) is 3.24. The number of carbonyl (C=O) groups is 2. The Hall–Kier alpha value is -3.46. The molecule has 3 aromatic carbocycles. The monoisotopic (exact) mass is 627 g/mol. The van der Waals surface area contributed by atoms with Crippen molar-refractivity contribution in [1.82, 2.24) is 10.2 Å². The number of hydrogen-bond acceptors (Lipinski definition) is 5. The molecule has 3 aromatic rings. The van der Waals surface area contributed by atoms with Crippen LogP contribution in [0.1, 0.15) is 91.6 Å². The molecule has 5 rings (SSSR count). The SMILES string of the molecule is CC(C)(Cc1cccc(C(=O)N2CC3CC(C2)c2ccccc23)c1)NC[C@H](O[Si](C)(C)C(C)(C)C)c1ccc(O)c(NC=O)c1. The van der Waals surface area contributed by atoms with Crippen molar-refractivity contribution in [3.63, 3.8) is 0 Å². The Bertz CT molecular complexity index is 1520. The first kappa shape index (κ1) is 32.9. The third kappa shape index (κ3) is 7.34. The Morgan fingerprint density at radius 1 is 1.00 bits per heavy atom. The van der Waals surface area contributed by atoms with Crippen LogP contribution in [0.2, 0.25) is 18.1 Å². The standard InChI is InChI=1S/C37H49N3O4Si/c1-36(2,3)45(6,7)44-34(26-15-16-33(42)32(19-26)38-24-41)21-39-37(4,5)20-25-11-10-12-27(17-25)35(43)40-22-28-18-29(23-40)31-14-9-8-13-30(28)31/h8-17,19,24,28-29,34,39,42H,18,20-23H2,1-7H3,(H,38,41)/t28?,29?,34-/m0/s1. The molecule has 1 aliphatic heterocycles. The number of phenols is 1. The minimum absolute atomic E-state index is 0.00517. The number of fused-ring (bicyclic) bond motifs is 5. The van der Waals surface area contributed by atoms with Crippen molar-refractivity contribution >= 4 is 26.3 Å². The van der Waals surface area contributed by atoms with Gasteiger partial charge in [-0.05, 0) is 91.3 Å². The normalized spacial score (nSPS) is 18.8. The summed E-state index contributed by atoms with van der Waals surface area (Å²) in [4.78, 5) is 26.9. The van der Waals surface area contributed by atoms with Crippen LogP contribution in [-0.4, -0.2) is 55.8 Å². The topological polar surface area (TPSA) is 90.9 Å². The largest absolute Gasteiger partial charge is 0.506 e. The van der Waals surface area contributed by atoms with Crippen molar-refractivity contribution in [2.75, 3.05) is 25.0 Å². The minimum atomic E-state index is -2.17. The van der Waals surface area contributed by atoms with Crippen molar-refractivity contribution in [2.24, 2.45) is 0 Å². The summed E-state index contributed by atoms with van der Waals surface area (Å²) in [6, 6.07) is 22.0. The number of carbonyl (C=O) groups excluding carboxylic acids is 2. The van der Waals surface area contributed by atoms with Gasteiger partial charge in [-0.3, -0.25) is 9.59 Å². The number of phenolic OH excluding ortho intramolecular Hbond substituents is 1. The summed E-state index contributed by atoms with van der Waals surface area (Å²) in [7, 11) is -2.17. The van der Waals surface area contributed by atoms with Crippen LogP contribution >= 0.6 is 0 Å². The molecule has 1 heterocycles. The first-order valence-electron chi connectivity index (χ1n) is 16.1. The molecule has 0 aromatic heterocycles. The van der Waals surface area contributed by atoms with Crippen LogP contribution in [0.4, 0.5) is 5.69 Å². The van der Waals surface area contributed by atoms with E-state index in [0.29, 0.717) is 30.5 Å². The van der Waals surface area contributed by atoms with Gasteiger partial charge < -0.3 is 25.1 Å². The number of nitrogens with zero attached hydrogens (tertiary/aromatic N) is 1. The van der Waals surface area contributed by atoms with Crippen LogP contribution in [0, 0.1) is 0 Å². The fourth-order valence-electron chi connectivity index (χ4n) is 6.60. The number of likely N-dealkylation sites (tertiary alicyclic amines) is 1. The lowest BCUT2D eigenvalue weighted by atomic mass is 9.92. The maximum Gasteiger partial charge on any atom is 0.253 e. The van der Waals surface area contributed by atoms with Gasteiger partial charge in [0, 0.05) is 42.6 Å². The molecule has 3 atom stereocenters. The molecule has 2 aliphatic rings. The first-order valence-corrected chi connectivity index (χ1v) is 19.0. The Kier molecular flexibility index (Phi) is 9.32. The van der Waals surface area contributed by atoms with E-state index in [2.05, 4.69) is 99.6 Å². The van der Waals surface area contributed by atoms with E-state index in [9.17, 15) is 14.7 Å². The molecular formula is C37H49N3O4Si. The zero-order chi connectivity index (χ0) is 32.6. The van der Waals surface area contributed by atoms with Crippen LogP contribution in [0.3, 0.4) is 0 Å². The molecule has 1 aliphatic carbocycles. The fourth-order valence-corrected chi connectivity index (χ4v) is 7.89. The number of amides is 2. The number of hydrogen-bond donors (Lipinski definition) is 3. The number of benzene rings is 3. The van der Waals surface area contributed by atoms with Gasteiger partial charge >= 0.3 is 0 Å². The first-order chi connectivity index (χ1) is 21.2. The Labute approximate surface area is 269 Å². The quantitative estimate of drug-likeness (QED) is 0.117. The van der Waals surface area contributed by atoms with Gasteiger partial charge in [-0.1, -0.05) is 63.2 Å². The second kappa shape index (κ2) is 12.7. The second-order valence-corrected chi connectivity index (χ2v) is 19.8. The fraction of sp³-hybridized carbons (Fsp3) is 0.459. The van der Waals surface area contributed by atoms with E-state index in [1.54, 1.807) is 12.1 Å². The molecule has 7 nitrogen and oxygen atoms in total. The number of piperidine rings is 1. The summed E-state index contributed by atoms with van der Waals surface area (Å²) < 4.78 is 6.90. The van der Waals surface area contributed by atoms with E-state index in [-0.39, 0.29) is 28.3 Å². The highest BCUT2D eigenvalue weighted by atomic mass is 28.4. The smallest absolute Gasteiger partial charge is 0.253 e. The second-order valence-electron chi connectivity index (χ2n) is 15.0. The van der Waals surface area contributed by atoms with Crippen LogP contribution in [-0.2, 0) is 15.6 Å². The summed E-state index contributed by atoms with van der Waals surface area (Å²) >= 11 is 0. The van der Waals surface area contributed by atoms with Crippen molar-refractivity contribution in [3.05, 3.63) is 94.5 Å². The highest BCUT2D eigenvalue weighted by molar-refractivity contribution is 6.74. The lowest BCUT2D eigenvalue weighted by Crippen LogP contribution is -2.47. The van der Waals surface area contributed by atoms with E-state index >= 15 is 0 Å². The van der Waals surface area contributed by atoms with Crippen LogP contribution in [0.25, 0.3) is 0 Å². The summed E-state index contributed by atoms with van der Waals surface area (Å²) in [5.74, 6) is 0.979. The van der Waals surface area contributed by atoms with Crippen LogP contribution in [0.5, 0.6) is 5.75 Å². The predicted molar refractivity (Wildman–Crippen MR) is 183 cm³/mol. The highest BCUT2D eigenvalue weighted by Crippen LogP contribution is 2.46. The number of aromatic hydroxyl groups is 1. The molecule has 2 amide bonds. The number of rotatable bonds is 11. The third-order valence-electron chi connectivity index (χ3n) is 10.0. The van der Waals surface area contributed by atoms with Gasteiger partial charge in [0.1, 0.15) is 5.75 Å². The van der Waals surface area contributed by atoms with Gasteiger partial charge in [0.15, 0.2) is 8.32 Å². The van der Waals surface area contributed by atoms with Gasteiger partial charge in [0.25, 0.3) is 5.91 Å². The van der Waals surface area contributed by atoms with Crippen molar-refractivity contribution < 1.29 is 19.1 Å². The highest BCUT2D eigenvalue weighted by Gasteiger charge is 2.41. The Morgan fingerprint density at radius 2 is 1.67 bits per heavy atom.